The molecular formula is C46H32N8. The Bertz CT molecular complexity index is 2760. The van der Waals surface area contributed by atoms with Crippen molar-refractivity contribution in [2.75, 3.05) is 16.5 Å². The van der Waals surface area contributed by atoms with E-state index >= 15 is 0 Å². The zero-order chi connectivity index (χ0) is 35.8. The molecule has 1 aliphatic heterocycles. The van der Waals surface area contributed by atoms with E-state index in [1.165, 1.54) is 11.1 Å². The summed E-state index contributed by atoms with van der Waals surface area (Å²) >= 11 is 0. The number of rotatable bonds is 7. The highest BCUT2D eigenvalue weighted by Crippen LogP contribution is 2.45. The van der Waals surface area contributed by atoms with E-state index in [1.54, 1.807) is 25.0 Å². The van der Waals surface area contributed by atoms with Crippen LogP contribution in [0.15, 0.2) is 183 Å². The number of hydrogen-bond acceptors (Lipinski definition) is 7. The second-order valence-corrected chi connectivity index (χ2v) is 13.1. The lowest BCUT2D eigenvalue weighted by Crippen LogP contribution is -2.23. The smallest absolute Gasteiger partial charge is 0.137 e. The second-order valence-electron chi connectivity index (χ2n) is 13.1. The number of aromatic nitrogens is 6. The third-order valence-corrected chi connectivity index (χ3v) is 10.0. The van der Waals surface area contributed by atoms with Crippen molar-refractivity contribution in [1.82, 2.24) is 29.5 Å². The average Bonchev–Trinajstić information content (AvgIpc) is 3.80. The number of fused-ring (bicyclic) bond motifs is 4. The third-order valence-electron chi connectivity index (χ3n) is 10.0. The number of para-hydroxylation sites is 4. The highest BCUT2D eigenvalue weighted by atomic mass is 15.4. The first-order valence-corrected chi connectivity index (χ1v) is 17.8. The molecule has 8 heteroatoms. The molecule has 0 saturated carbocycles. The van der Waals surface area contributed by atoms with E-state index in [9.17, 15) is 0 Å². The lowest BCUT2D eigenvalue weighted by molar-refractivity contribution is 0.991. The van der Waals surface area contributed by atoms with Crippen LogP contribution in [0.2, 0.25) is 0 Å². The van der Waals surface area contributed by atoms with Crippen molar-refractivity contribution in [3.05, 3.63) is 205 Å². The molecule has 0 radical (unpaired) electrons. The Hall–Kier alpha value is -7.45. The molecule has 0 spiro atoms. The van der Waals surface area contributed by atoms with Crippen LogP contribution in [0, 0.1) is 0 Å². The Morgan fingerprint density at radius 2 is 1.09 bits per heavy atom. The molecule has 0 aliphatic carbocycles. The number of nitrogens with zero attached hydrogens (tertiary/aromatic N) is 8. The molecule has 1 aliphatic rings. The molecule has 0 atom stereocenters. The number of hydrogen-bond donors (Lipinski definition) is 0. The lowest BCUT2D eigenvalue weighted by Gasteiger charge is -2.23. The number of anilines is 4. The van der Waals surface area contributed by atoms with Crippen molar-refractivity contribution >= 4 is 55.7 Å². The summed E-state index contributed by atoms with van der Waals surface area (Å²) in [5.74, 6) is 0.857. The van der Waals surface area contributed by atoms with Crippen LogP contribution < -0.4 is 9.80 Å². The lowest BCUT2D eigenvalue weighted by atomic mass is 9.89. The minimum Gasteiger partial charge on any atom is -0.321 e. The molecule has 0 bridgehead atoms. The van der Waals surface area contributed by atoms with Gasteiger partial charge in [0.25, 0.3) is 0 Å². The molecule has 4 aromatic heterocycles. The van der Waals surface area contributed by atoms with E-state index in [-0.39, 0.29) is 0 Å². The summed E-state index contributed by atoms with van der Waals surface area (Å²) < 4.78 is 2.25. The van der Waals surface area contributed by atoms with Crippen LogP contribution in [-0.2, 0) is 0 Å². The summed E-state index contributed by atoms with van der Waals surface area (Å²) in [4.78, 5) is 27.7. The van der Waals surface area contributed by atoms with Crippen molar-refractivity contribution in [3.63, 3.8) is 0 Å². The number of pyridine rings is 1. The van der Waals surface area contributed by atoms with Crippen LogP contribution in [0.3, 0.4) is 0 Å². The van der Waals surface area contributed by atoms with Crippen molar-refractivity contribution in [1.29, 1.82) is 0 Å². The van der Waals surface area contributed by atoms with Gasteiger partial charge in [-0.2, -0.15) is 0 Å². The SMILES string of the molecule is c1ccc(N2CN(c3cccc(C(=C(c4ccncn4)c4ccncn4)c4ccc5c6ccccc6n(-c6ccccn6)c5c4)c3)c3ccccc32)cc1. The standard InChI is InChI=1S/C46H32N8/c1-2-12-34(13-3-1)52-31-53(42-18-7-6-17-41(42)52)35-14-10-11-32(27-35)45(46(38-22-25-47-29-50-38)39-23-26-48-30-51-39)33-20-21-37-36-15-4-5-16-40(36)54(43(37)28-33)44-19-8-9-24-49-44/h1-30H,31H2. The first kappa shape index (κ1) is 31.3. The van der Waals surface area contributed by atoms with Gasteiger partial charge in [-0.1, -0.05) is 78.9 Å². The van der Waals surface area contributed by atoms with E-state index in [0.29, 0.717) is 6.67 Å². The molecule has 5 aromatic carbocycles. The van der Waals surface area contributed by atoms with Crippen molar-refractivity contribution < 1.29 is 0 Å². The Morgan fingerprint density at radius 3 is 1.81 bits per heavy atom. The third kappa shape index (κ3) is 5.36. The van der Waals surface area contributed by atoms with Crippen LogP contribution in [0.1, 0.15) is 22.5 Å². The van der Waals surface area contributed by atoms with Crippen molar-refractivity contribution in [2.45, 2.75) is 0 Å². The summed E-state index contributed by atoms with van der Waals surface area (Å²) in [6.07, 6.45) is 8.57. The van der Waals surface area contributed by atoms with Gasteiger partial charge in [-0.05, 0) is 83.9 Å². The molecule has 0 N–H and O–H groups in total. The van der Waals surface area contributed by atoms with Gasteiger partial charge in [-0.15, -0.1) is 0 Å². The Morgan fingerprint density at radius 1 is 0.444 bits per heavy atom. The summed E-state index contributed by atoms with van der Waals surface area (Å²) in [5, 5.41) is 2.31. The molecule has 9 aromatic rings. The van der Waals surface area contributed by atoms with E-state index in [1.807, 2.05) is 30.5 Å². The normalized spacial score (nSPS) is 12.3. The molecule has 5 heterocycles. The van der Waals surface area contributed by atoms with Gasteiger partial charge in [-0.3, -0.25) is 4.57 Å². The maximum Gasteiger partial charge on any atom is 0.137 e. The van der Waals surface area contributed by atoms with Crippen LogP contribution in [0.5, 0.6) is 0 Å². The zero-order valence-electron chi connectivity index (χ0n) is 29.1. The van der Waals surface area contributed by atoms with Crippen LogP contribution >= 0.6 is 0 Å². The molecule has 256 valence electrons. The topological polar surface area (TPSA) is 75.9 Å². The molecule has 8 nitrogen and oxygen atoms in total. The van der Waals surface area contributed by atoms with Crippen molar-refractivity contribution in [3.8, 4) is 5.82 Å². The van der Waals surface area contributed by atoms with Crippen LogP contribution in [0.25, 0.3) is 38.8 Å². The van der Waals surface area contributed by atoms with E-state index < -0.39 is 0 Å². The summed E-state index contributed by atoms with van der Waals surface area (Å²) in [5.41, 5.74) is 12.1. The molecule has 54 heavy (non-hydrogen) atoms. The fourth-order valence-corrected chi connectivity index (χ4v) is 7.67. The van der Waals surface area contributed by atoms with Crippen LogP contribution in [-0.4, -0.2) is 36.2 Å². The van der Waals surface area contributed by atoms with Gasteiger partial charge in [0.1, 0.15) is 25.1 Å². The van der Waals surface area contributed by atoms with Crippen LogP contribution in [0.4, 0.5) is 22.7 Å². The quantitative estimate of drug-likeness (QED) is 0.164. The van der Waals surface area contributed by atoms with E-state index in [4.69, 9.17) is 15.0 Å². The van der Waals surface area contributed by atoms with Gasteiger partial charge in [0.15, 0.2) is 0 Å². The zero-order valence-corrected chi connectivity index (χ0v) is 29.1. The highest BCUT2D eigenvalue weighted by Gasteiger charge is 2.28. The number of benzene rings is 5. The Kier molecular flexibility index (Phi) is 7.69. The van der Waals surface area contributed by atoms with Gasteiger partial charge in [0.05, 0.1) is 33.8 Å². The molecule has 0 saturated heterocycles. The van der Waals surface area contributed by atoms with E-state index in [2.05, 4.69) is 152 Å². The minimum atomic E-state index is 0.673. The van der Waals surface area contributed by atoms with Gasteiger partial charge in [0, 0.05) is 51.9 Å². The largest absolute Gasteiger partial charge is 0.321 e. The average molecular weight is 697 g/mol. The molecular weight excluding hydrogens is 665 g/mol. The first-order valence-electron chi connectivity index (χ1n) is 17.8. The highest BCUT2D eigenvalue weighted by molar-refractivity contribution is 6.11. The molecule has 0 amide bonds. The summed E-state index contributed by atoms with van der Waals surface area (Å²) in [7, 11) is 0. The van der Waals surface area contributed by atoms with Gasteiger partial charge in [-0.25, -0.2) is 24.9 Å². The van der Waals surface area contributed by atoms with Gasteiger partial charge < -0.3 is 9.80 Å². The van der Waals surface area contributed by atoms with Gasteiger partial charge >= 0.3 is 0 Å². The summed E-state index contributed by atoms with van der Waals surface area (Å²) in [6.45, 7) is 0.673. The molecule has 0 unspecified atom stereocenters. The molecule has 10 rings (SSSR count). The monoisotopic (exact) mass is 696 g/mol. The van der Waals surface area contributed by atoms with E-state index in [0.717, 1.165) is 73.0 Å². The second kappa shape index (κ2) is 13.3. The van der Waals surface area contributed by atoms with Gasteiger partial charge in [0.2, 0.25) is 0 Å². The van der Waals surface area contributed by atoms with Crippen molar-refractivity contribution in [2.24, 2.45) is 0 Å². The minimum absolute atomic E-state index is 0.673. The maximum atomic E-state index is 4.80. The Labute approximate surface area is 312 Å². The summed E-state index contributed by atoms with van der Waals surface area (Å²) in [6, 6.07) is 53.1. The fraction of sp³-hybridized carbons (Fsp3) is 0.0217. The first-order chi connectivity index (χ1) is 26.8. The predicted octanol–water partition coefficient (Wildman–Crippen LogP) is 10.0. The molecule has 0 fully saturated rings. The fourth-order valence-electron chi connectivity index (χ4n) is 7.67. The maximum absolute atomic E-state index is 4.80. The Balaban J connectivity index is 1.22. The predicted molar refractivity (Wildman–Crippen MR) is 216 cm³/mol.